The van der Waals surface area contributed by atoms with E-state index in [-0.39, 0.29) is 5.82 Å². The molecule has 0 fully saturated rings. The topological polar surface area (TPSA) is 33.3 Å². The summed E-state index contributed by atoms with van der Waals surface area (Å²) in [6, 6.07) is 18.1. The van der Waals surface area contributed by atoms with Crippen LogP contribution in [0.3, 0.4) is 0 Å². The average Bonchev–Trinajstić information content (AvgIpc) is 2.72. The Kier molecular flexibility index (Phi) is 6.89. The first-order valence-corrected chi connectivity index (χ1v) is 9.39. The molecule has 0 heterocycles. The maximum Gasteiger partial charge on any atom is 0.416 e. The molecule has 0 amide bonds. The number of hydrogen-bond donors (Lipinski definition) is 2. The lowest BCUT2D eigenvalue weighted by atomic mass is 10.2. The van der Waals surface area contributed by atoms with Crippen LogP contribution in [0, 0.1) is 5.82 Å². The van der Waals surface area contributed by atoms with Crippen LogP contribution in [0.25, 0.3) is 0 Å². The molecule has 8 heteroatoms. The maximum atomic E-state index is 12.9. The number of anilines is 1. The molecule has 3 nitrogen and oxygen atoms in total. The molecule has 30 heavy (non-hydrogen) atoms. The number of ether oxygens (including phenoxy) is 1. The number of rotatable bonds is 6. The van der Waals surface area contributed by atoms with Crippen LogP contribution in [0.5, 0.6) is 5.75 Å². The highest BCUT2D eigenvalue weighted by Crippen LogP contribution is 2.29. The number of benzene rings is 3. The van der Waals surface area contributed by atoms with Crippen LogP contribution in [0.4, 0.5) is 23.2 Å². The van der Waals surface area contributed by atoms with Gasteiger partial charge in [-0.15, -0.1) is 0 Å². The molecule has 0 aliphatic rings. The van der Waals surface area contributed by atoms with E-state index in [0.717, 1.165) is 23.3 Å². The highest BCUT2D eigenvalue weighted by atomic mass is 32.1. The summed E-state index contributed by atoms with van der Waals surface area (Å²) in [6.45, 7) is 0.768. The van der Waals surface area contributed by atoms with E-state index in [4.69, 9.17) is 17.0 Å². The lowest BCUT2D eigenvalue weighted by Gasteiger charge is -2.12. The van der Waals surface area contributed by atoms with Crippen LogP contribution in [0.2, 0.25) is 0 Å². The maximum absolute atomic E-state index is 12.9. The van der Waals surface area contributed by atoms with Gasteiger partial charge in [-0.05, 0) is 71.9 Å². The van der Waals surface area contributed by atoms with Crippen LogP contribution in [0.1, 0.15) is 16.7 Å². The van der Waals surface area contributed by atoms with Gasteiger partial charge in [0.2, 0.25) is 0 Å². The summed E-state index contributed by atoms with van der Waals surface area (Å²) in [7, 11) is 0. The van der Waals surface area contributed by atoms with Crippen LogP contribution in [-0.2, 0) is 19.3 Å². The molecule has 0 aromatic heterocycles. The second kappa shape index (κ2) is 9.58. The van der Waals surface area contributed by atoms with Crippen LogP contribution in [0.15, 0.2) is 72.8 Å². The van der Waals surface area contributed by atoms with E-state index in [2.05, 4.69) is 10.6 Å². The standard InChI is InChI=1S/C22H18F4N2OS/c23-18-7-1-16(2-8-18)14-29-20-11-3-15(4-12-20)13-27-21(30)28-19-9-5-17(6-10-19)22(24,25)26/h1-12H,13-14H2,(H2,27,28,30). The summed E-state index contributed by atoms with van der Waals surface area (Å²) in [4.78, 5) is 0. The summed E-state index contributed by atoms with van der Waals surface area (Å²) in [5.41, 5.74) is 1.56. The zero-order chi connectivity index (χ0) is 21.6. The normalized spacial score (nSPS) is 11.1. The molecule has 3 aromatic rings. The zero-order valence-electron chi connectivity index (χ0n) is 15.7. The molecule has 0 unspecified atom stereocenters. The molecule has 0 saturated heterocycles. The summed E-state index contributed by atoms with van der Waals surface area (Å²) >= 11 is 5.18. The van der Waals surface area contributed by atoms with Gasteiger partial charge in [-0.2, -0.15) is 13.2 Å². The zero-order valence-corrected chi connectivity index (χ0v) is 16.5. The lowest BCUT2D eigenvalue weighted by molar-refractivity contribution is -0.137. The van der Waals surface area contributed by atoms with Crippen molar-refractivity contribution in [2.24, 2.45) is 0 Å². The van der Waals surface area contributed by atoms with Gasteiger partial charge in [0.15, 0.2) is 5.11 Å². The fourth-order valence-electron chi connectivity index (χ4n) is 2.55. The van der Waals surface area contributed by atoms with Crippen molar-refractivity contribution in [3.05, 3.63) is 95.3 Å². The summed E-state index contributed by atoms with van der Waals surface area (Å²) < 4.78 is 56.3. The molecule has 0 aliphatic heterocycles. The third kappa shape index (κ3) is 6.45. The van der Waals surface area contributed by atoms with Crippen molar-refractivity contribution in [2.75, 3.05) is 5.32 Å². The van der Waals surface area contributed by atoms with Gasteiger partial charge in [-0.1, -0.05) is 24.3 Å². The van der Waals surface area contributed by atoms with Gasteiger partial charge < -0.3 is 15.4 Å². The van der Waals surface area contributed by atoms with Crippen LogP contribution in [-0.4, -0.2) is 5.11 Å². The highest BCUT2D eigenvalue weighted by Gasteiger charge is 2.29. The third-order valence-electron chi connectivity index (χ3n) is 4.17. The molecule has 2 N–H and O–H groups in total. The van der Waals surface area contributed by atoms with Gasteiger partial charge in [-0.25, -0.2) is 4.39 Å². The number of hydrogen-bond acceptors (Lipinski definition) is 2. The molecular formula is C22H18F4N2OS. The minimum atomic E-state index is -4.37. The summed E-state index contributed by atoms with van der Waals surface area (Å²) in [5.74, 6) is 0.384. The highest BCUT2D eigenvalue weighted by molar-refractivity contribution is 7.80. The van der Waals surface area contributed by atoms with Crippen molar-refractivity contribution < 1.29 is 22.3 Å². The van der Waals surface area contributed by atoms with Gasteiger partial charge in [0.05, 0.1) is 5.56 Å². The van der Waals surface area contributed by atoms with Gasteiger partial charge >= 0.3 is 6.18 Å². The van der Waals surface area contributed by atoms with Crippen molar-refractivity contribution in [3.8, 4) is 5.75 Å². The molecule has 0 spiro atoms. The Bertz CT molecular complexity index is 972. The van der Waals surface area contributed by atoms with E-state index in [9.17, 15) is 17.6 Å². The van der Waals surface area contributed by atoms with Crippen LogP contribution >= 0.6 is 12.2 Å². The molecule has 0 radical (unpaired) electrons. The van der Waals surface area contributed by atoms with Gasteiger partial charge in [0, 0.05) is 12.2 Å². The molecule has 0 bridgehead atoms. The number of alkyl halides is 3. The van der Waals surface area contributed by atoms with Crippen molar-refractivity contribution in [1.82, 2.24) is 5.32 Å². The Morgan fingerprint density at radius 3 is 2.03 bits per heavy atom. The summed E-state index contributed by atoms with van der Waals surface area (Å²) in [5, 5.41) is 6.14. The molecule has 0 saturated carbocycles. The van der Waals surface area contributed by atoms with E-state index >= 15 is 0 Å². The van der Waals surface area contributed by atoms with Crippen LogP contribution < -0.4 is 15.4 Å². The lowest BCUT2D eigenvalue weighted by Crippen LogP contribution is -2.27. The minimum absolute atomic E-state index is 0.290. The minimum Gasteiger partial charge on any atom is -0.489 e. The van der Waals surface area contributed by atoms with Gasteiger partial charge in [-0.3, -0.25) is 0 Å². The number of halogens is 4. The second-order valence-corrected chi connectivity index (χ2v) is 6.85. The average molecular weight is 434 g/mol. The first kappa shape index (κ1) is 21.6. The number of thiocarbonyl (C=S) groups is 1. The first-order chi connectivity index (χ1) is 14.3. The van der Waals surface area contributed by atoms with Gasteiger partial charge in [0.25, 0.3) is 0 Å². The van der Waals surface area contributed by atoms with Crippen molar-refractivity contribution in [2.45, 2.75) is 19.3 Å². The summed E-state index contributed by atoms with van der Waals surface area (Å²) in [6.07, 6.45) is -4.37. The SMILES string of the molecule is Fc1ccc(COc2ccc(CNC(=S)Nc3ccc(C(F)(F)F)cc3)cc2)cc1. The monoisotopic (exact) mass is 434 g/mol. The fraction of sp³-hybridized carbons (Fsp3) is 0.136. The molecular weight excluding hydrogens is 416 g/mol. The second-order valence-electron chi connectivity index (χ2n) is 6.44. The Balaban J connectivity index is 1.45. The van der Waals surface area contributed by atoms with Crippen molar-refractivity contribution in [3.63, 3.8) is 0 Å². The Labute approximate surface area is 176 Å². The largest absolute Gasteiger partial charge is 0.489 e. The fourth-order valence-corrected chi connectivity index (χ4v) is 2.74. The van der Waals surface area contributed by atoms with E-state index in [1.807, 2.05) is 24.3 Å². The predicted octanol–water partition coefficient (Wildman–Crippen LogP) is 5.91. The Hall–Kier alpha value is -3.13. The molecule has 0 atom stereocenters. The first-order valence-electron chi connectivity index (χ1n) is 8.98. The quantitative estimate of drug-likeness (QED) is 0.373. The van der Waals surface area contributed by atoms with Gasteiger partial charge in [0.1, 0.15) is 18.2 Å². The van der Waals surface area contributed by atoms with E-state index in [1.165, 1.54) is 24.3 Å². The smallest absolute Gasteiger partial charge is 0.416 e. The molecule has 3 rings (SSSR count). The number of nitrogens with one attached hydrogen (secondary N) is 2. The molecule has 3 aromatic carbocycles. The Morgan fingerprint density at radius 1 is 0.833 bits per heavy atom. The van der Waals surface area contributed by atoms with Crippen molar-refractivity contribution in [1.29, 1.82) is 0 Å². The predicted molar refractivity (Wildman–Crippen MR) is 112 cm³/mol. The van der Waals surface area contributed by atoms with E-state index < -0.39 is 11.7 Å². The third-order valence-corrected chi connectivity index (χ3v) is 4.41. The van der Waals surface area contributed by atoms with E-state index in [0.29, 0.717) is 29.7 Å². The Morgan fingerprint density at radius 2 is 1.43 bits per heavy atom. The molecule has 156 valence electrons. The van der Waals surface area contributed by atoms with E-state index in [1.54, 1.807) is 12.1 Å². The van der Waals surface area contributed by atoms with Crippen molar-refractivity contribution >= 4 is 23.0 Å². The molecule has 0 aliphatic carbocycles.